The molecule has 0 aliphatic carbocycles. The smallest absolute Gasteiger partial charge is 0.348 e. The molecule has 4 nitrogen and oxygen atoms in total. The van der Waals surface area contributed by atoms with Crippen molar-refractivity contribution in [3.8, 4) is 0 Å². The van der Waals surface area contributed by atoms with Crippen molar-refractivity contribution in [2.24, 2.45) is 0 Å². The standard InChI is InChI=1S/C14H14F3N3O/c1-10(8-20-7-6-18-9-20)19-13(21)11-4-2-3-5-12(11)14(15,16)17/h2-7,9-10H,8H2,1H3,(H,19,21)/t10-/m1/s1. The van der Waals surface area contributed by atoms with Crippen molar-refractivity contribution < 1.29 is 18.0 Å². The molecular weight excluding hydrogens is 283 g/mol. The molecule has 1 atom stereocenters. The van der Waals surface area contributed by atoms with Crippen LogP contribution < -0.4 is 5.32 Å². The molecule has 0 fully saturated rings. The molecule has 0 saturated heterocycles. The molecule has 0 bridgehead atoms. The van der Waals surface area contributed by atoms with Gasteiger partial charge in [-0.2, -0.15) is 13.2 Å². The van der Waals surface area contributed by atoms with Crippen molar-refractivity contribution in [2.75, 3.05) is 0 Å². The van der Waals surface area contributed by atoms with Crippen LogP contribution in [0.25, 0.3) is 0 Å². The molecule has 0 aliphatic rings. The molecule has 112 valence electrons. The zero-order valence-electron chi connectivity index (χ0n) is 11.3. The number of benzene rings is 1. The van der Waals surface area contributed by atoms with Gasteiger partial charge in [0.2, 0.25) is 0 Å². The molecule has 0 saturated carbocycles. The van der Waals surface area contributed by atoms with E-state index in [9.17, 15) is 18.0 Å². The Morgan fingerprint density at radius 1 is 1.38 bits per heavy atom. The molecule has 1 N–H and O–H groups in total. The maximum Gasteiger partial charge on any atom is 0.417 e. The summed E-state index contributed by atoms with van der Waals surface area (Å²) in [6.45, 7) is 2.15. The van der Waals surface area contributed by atoms with Crippen LogP contribution in [0.5, 0.6) is 0 Å². The lowest BCUT2D eigenvalue weighted by atomic mass is 10.1. The number of imidazole rings is 1. The molecule has 0 radical (unpaired) electrons. The molecule has 0 unspecified atom stereocenters. The first-order chi connectivity index (χ1) is 9.88. The van der Waals surface area contributed by atoms with E-state index < -0.39 is 17.6 Å². The van der Waals surface area contributed by atoms with Crippen LogP contribution in [0.15, 0.2) is 43.0 Å². The van der Waals surface area contributed by atoms with Gasteiger partial charge in [0.15, 0.2) is 0 Å². The van der Waals surface area contributed by atoms with Crippen LogP contribution in [0.1, 0.15) is 22.8 Å². The fraction of sp³-hybridized carbons (Fsp3) is 0.286. The number of hydrogen-bond donors (Lipinski definition) is 1. The van der Waals surface area contributed by atoms with Crippen LogP contribution in [0, 0.1) is 0 Å². The van der Waals surface area contributed by atoms with E-state index in [1.54, 1.807) is 30.2 Å². The number of carbonyl (C=O) groups excluding carboxylic acids is 1. The average Bonchev–Trinajstić information content (AvgIpc) is 2.90. The third kappa shape index (κ3) is 3.84. The predicted molar refractivity (Wildman–Crippen MR) is 70.6 cm³/mol. The summed E-state index contributed by atoms with van der Waals surface area (Å²) >= 11 is 0. The van der Waals surface area contributed by atoms with Gasteiger partial charge in [-0.25, -0.2) is 4.98 Å². The number of amides is 1. The van der Waals surface area contributed by atoms with Crippen LogP contribution in [-0.2, 0) is 12.7 Å². The molecule has 0 aliphatic heterocycles. The Morgan fingerprint density at radius 3 is 2.71 bits per heavy atom. The van der Waals surface area contributed by atoms with Crippen molar-refractivity contribution in [2.45, 2.75) is 25.7 Å². The normalized spacial score (nSPS) is 13.0. The highest BCUT2D eigenvalue weighted by Gasteiger charge is 2.34. The van der Waals surface area contributed by atoms with Gasteiger partial charge in [0, 0.05) is 25.0 Å². The molecule has 2 aromatic rings. The Bertz CT molecular complexity index is 608. The summed E-state index contributed by atoms with van der Waals surface area (Å²) in [5, 5.41) is 2.56. The molecule has 1 aromatic carbocycles. The molecule has 1 amide bonds. The second-order valence-electron chi connectivity index (χ2n) is 4.68. The third-order valence-electron chi connectivity index (χ3n) is 2.90. The highest BCUT2D eigenvalue weighted by molar-refractivity contribution is 5.96. The Hall–Kier alpha value is -2.31. The van der Waals surface area contributed by atoms with E-state index in [4.69, 9.17) is 0 Å². The molecule has 1 heterocycles. The second kappa shape index (κ2) is 5.99. The fourth-order valence-electron chi connectivity index (χ4n) is 1.99. The van der Waals surface area contributed by atoms with Gasteiger partial charge in [0.1, 0.15) is 0 Å². The highest BCUT2D eigenvalue weighted by atomic mass is 19.4. The Kier molecular flexibility index (Phi) is 4.30. The summed E-state index contributed by atoms with van der Waals surface area (Å²) in [7, 11) is 0. The number of nitrogens with zero attached hydrogens (tertiary/aromatic N) is 2. The second-order valence-corrected chi connectivity index (χ2v) is 4.68. The van der Waals surface area contributed by atoms with E-state index >= 15 is 0 Å². The summed E-state index contributed by atoms with van der Waals surface area (Å²) in [6.07, 6.45) is 0.327. The summed E-state index contributed by atoms with van der Waals surface area (Å²) < 4.78 is 40.3. The van der Waals surface area contributed by atoms with Crippen LogP contribution in [0.2, 0.25) is 0 Å². The zero-order valence-corrected chi connectivity index (χ0v) is 11.3. The minimum absolute atomic E-state index is 0.326. The SMILES string of the molecule is C[C@H](Cn1ccnc1)NC(=O)c1ccccc1C(F)(F)F. The summed E-state index contributed by atoms with van der Waals surface area (Å²) in [5.41, 5.74) is -1.31. The van der Waals surface area contributed by atoms with Gasteiger partial charge >= 0.3 is 6.18 Å². The number of rotatable bonds is 4. The largest absolute Gasteiger partial charge is 0.417 e. The van der Waals surface area contributed by atoms with Crippen LogP contribution >= 0.6 is 0 Å². The number of aromatic nitrogens is 2. The van der Waals surface area contributed by atoms with Crippen LogP contribution in [0.3, 0.4) is 0 Å². The number of alkyl halides is 3. The van der Waals surface area contributed by atoms with Crippen molar-refractivity contribution in [3.63, 3.8) is 0 Å². The van der Waals surface area contributed by atoms with Crippen LogP contribution in [-0.4, -0.2) is 21.5 Å². The van der Waals surface area contributed by atoms with Gasteiger partial charge in [0.25, 0.3) is 5.91 Å². The molecule has 1 aromatic heterocycles. The van der Waals surface area contributed by atoms with Gasteiger partial charge in [-0.15, -0.1) is 0 Å². The highest BCUT2D eigenvalue weighted by Crippen LogP contribution is 2.31. The molecular formula is C14H14F3N3O. The average molecular weight is 297 g/mol. The van der Waals surface area contributed by atoms with E-state index in [0.29, 0.717) is 6.54 Å². The summed E-state index contributed by atoms with van der Waals surface area (Å²) in [4.78, 5) is 15.9. The number of nitrogens with one attached hydrogen (secondary N) is 1. The lowest BCUT2D eigenvalue weighted by molar-refractivity contribution is -0.137. The minimum atomic E-state index is -4.55. The van der Waals surface area contributed by atoms with Gasteiger partial charge in [-0.1, -0.05) is 12.1 Å². The van der Waals surface area contributed by atoms with E-state index in [1.165, 1.54) is 18.2 Å². The molecule has 0 spiro atoms. The van der Waals surface area contributed by atoms with Crippen molar-refractivity contribution in [3.05, 3.63) is 54.1 Å². The first-order valence-corrected chi connectivity index (χ1v) is 6.31. The maximum atomic E-state index is 12.9. The molecule has 2 rings (SSSR count). The minimum Gasteiger partial charge on any atom is -0.348 e. The quantitative estimate of drug-likeness (QED) is 0.943. The summed E-state index contributed by atoms with van der Waals surface area (Å²) in [5.74, 6) is -0.740. The van der Waals surface area contributed by atoms with Crippen molar-refractivity contribution in [1.82, 2.24) is 14.9 Å². The van der Waals surface area contributed by atoms with E-state index in [-0.39, 0.29) is 11.6 Å². The number of halogens is 3. The zero-order chi connectivity index (χ0) is 15.5. The maximum absolute atomic E-state index is 12.9. The Labute approximate surface area is 119 Å². The van der Waals surface area contributed by atoms with E-state index in [2.05, 4.69) is 10.3 Å². The van der Waals surface area contributed by atoms with E-state index in [1.807, 2.05) is 0 Å². The van der Waals surface area contributed by atoms with Gasteiger partial charge in [0.05, 0.1) is 17.5 Å². The van der Waals surface area contributed by atoms with Gasteiger partial charge < -0.3 is 9.88 Å². The molecule has 7 heteroatoms. The predicted octanol–water partition coefficient (Wildman–Crippen LogP) is 2.72. The third-order valence-corrected chi connectivity index (χ3v) is 2.90. The topological polar surface area (TPSA) is 46.9 Å². The fourth-order valence-corrected chi connectivity index (χ4v) is 1.99. The van der Waals surface area contributed by atoms with Crippen molar-refractivity contribution in [1.29, 1.82) is 0 Å². The van der Waals surface area contributed by atoms with Gasteiger partial charge in [-0.3, -0.25) is 4.79 Å². The monoisotopic (exact) mass is 297 g/mol. The first kappa shape index (κ1) is 15.1. The Morgan fingerprint density at radius 2 is 2.10 bits per heavy atom. The summed E-state index contributed by atoms with van der Waals surface area (Å²) in [6, 6.07) is 4.41. The lowest BCUT2D eigenvalue weighted by Crippen LogP contribution is -2.36. The number of carbonyl (C=O) groups is 1. The van der Waals surface area contributed by atoms with E-state index in [0.717, 1.165) is 6.07 Å². The molecule has 21 heavy (non-hydrogen) atoms. The van der Waals surface area contributed by atoms with Crippen LogP contribution in [0.4, 0.5) is 13.2 Å². The van der Waals surface area contributed by atoms with Crippen molar-refractivity contribution >= 4 is 5.91 Å². The first-order valence-electron chi connectivity index (χ1n) is 6.31. The van der Waals surface area contributed by atoms with Gasteiger partial charge in [-0.05, 0) is 19.1 Å². The Balaban J connectivity index is 2.10. The lowest BCUT2D eigenvalue weighted by Gasteiger charge is -2.17. The number of hydrogen-bond acceptors (Lipinski definition) is 2.